The van der Waals surface area contributed by atoms with E-state index in [0.717, 1.165) is 62.3 Å². The number of hydrogen-bond donors (Lipinski definition) is 2. The van der Waals surface area contributed by atoms with Gasteiger partial charge in [0.05, 0.1) is 17.3 Å². The maximum atomic E-state index is 12.8. The van der Waals surface area contributed by atoms with Gasteiger partial charge in [-0.15, -0.1) is 0 Å². The minimum Gasteiger partial charge on any atom is -0.490 e. The normalized spacial score (nSPS) is 16.6. The molecule has 45 heavy (non-hydrogen) atoms. The minimum absolute atomic E-state index is 0.159. The standard InChI is InChI=1S/C34H38ClN5O5/c35-33-31-11-16-40(20-26(31)3-6-32(33)43-22-30-18-37-23-44-30)21-27(41)17-38-34(42)25-1-4-28(5-2-25)45-29-9-14-39(15-10-29)19-24-7-12-36-13-8-24/h1-8,12-13,18,23,27,29,41H,9-11,14-17,19-22H2,(H,38,42)/t27-/m0/s1. The van der Waals surface area contributed by atoms with Gasteiger partial charge in [0, 0.05) is 63.8 Å². The first-order valence-electron chi connectivity index (χ1n) is 15.4. The third-order valence-electron chi connectivity index (χ3n) is 8.31. The average molecular weight is 632 g/mol. The molecule has 2 aromatic heterocycles. The zero-order valence-electron chi connectivity index (χ0n) is 25.1. The predicted octanol–water partition coefficient (Wildman–Crippen LogP) is 4.49. The second kappa shape index (κ2) is 14.9. The number of likely N-dealkylation sites (tertiary alicyclic amines) is 1. The van der Waals surface area contributed by atoms with Crippen molar-refractivity contribution in [1.29, 1.82) is 0 Å². The second-order valence-electron chi connectivity index (χ2n) is 11.6. The summed E-state index contributed by atoms with van der Waals surface area (Å²) < 4.78 is 17.2. The van der Waals surface area contributed by atoms with E-state index in [9.17, 15) is 9.90 Å². The molecule has 6 rings (SSSR count). The smallest absolute Gasteiger partial charge is 0.251 e. The van der Waals surface area contributed by atoms with Gasteiger partial charge in [0.1, 0.15) is 24.2 Å². The molecular weight excluding hydrogens is 594 g/mol. The van der Waals surface area contributed by atoms with E-state index in [2.05, 4.69) is 37.2 Å². The van der Waals surface area contributed by atoms with Crippen LogP contribution in [-0.2, 0) is 26.1 Å². The van der Waals surface area contributed by atoms with Gasteiger partial charge in [-0.3, -0.25) is 19.6 Å². The van der Waals surface area contributed by atoms with Crippen LogP contribution in [0.25, 0.3) is 0 Å². The number of benzene rings is 2. The van der Waals surface area contributed by atoms with Crippen LogP contribution in [0, 0.1) is 0 Å². The van der Waals surface area contributed by atoms with Crippen molar-refractivity contribution in [1.82, 2.24) is 25.1 Å². The highest BCUT2D eigenvalue weighted by Gasteiger charge is 2.24. The fourth-order valence-electron chi connectivity index (χ4n) is 5.86. The molecule has 0 saturated carbocycles. The van der Waals surface area contributed by atoms with Gasteiger partial charge < -0.3 is 24.3 Å². The van der Waals surface area contributed by atoms with E-state index in [1.807, 2.05) is 36.7 Å². The maximum Gasteiger partial charge on any atom is 0.251 e. The Kier molecular flexibility index (Phi) is 10.3. The highest BCUT2D eigenvalue weighted by molar-refractivity contribution is 6.33. The van der Waals surface area contributed by atoms with E-state index in [0.29, 0.717) is 35.2 Å². The Morgan fingerprint density at radius 3 is 2.60 bits per heavy atom. The summed E-state index contributed by atoms with van der Waals surface area (Å²) in [5, 5.41) is 14.2. The molecular formula is C34H38ClN5O5. The first kappa shape index (κ1) is 31.0. The van der Waals surface area contributed by atoms with Crippen LogP contribution in [0.1, 0.15) is 45.7 Å². The zero-order chi connectivity index (χ0) is 31.0. The van der Waals surface area contributed by atoms with Gasteiger partial charge in [0.2, 0.25) is 0 Å². The molecule has 1 fully saturated rings. The summed E-state index contributed by atoms with van der Waals surface area (Å²) in [5.74, 6) is 1.78. The Labute approximate surface area is 267 Å². The average Bonchev–Trinajstić information content (AvgIpc) is 3.59. The lowest BCUT2D eigenvalue weighted by Gasteiger charge is -2.32. The number of aliphatic hydroxyl groups is 1. The SMILES string of the molecule is O=C(NC[C@H](O)CN1CCc2c(ccc(OCc3cnco3)c2Cl)C1)c1ccc(OC2CCN(Cc3ccncc3)CC2)cc1. The lowest BCUT2D eigenvalue weighted by atomic mass is 9.99. The van der Waals surface area contributed by atoms with Crippen molar-refractivity contribution >= 4 is 17.5 Å². The number of amides is 1. The summed E-state index contributed by atoms with van der Waals surface area (Å²) in [6.45, 7) is 5.15. The van der Waals surface area contributed by atoms with Crippen LogP contribution in [0.4, 0.5) is 0 Å². The molecule has 4 heterocycles. The Hall–Kier alpha value is -3.96. The van der Waals surface area contributed by atoms with Crippen LogP contribution in [0.15, 0.2) is 77.9 Å². The maximum absolute atomic E-state index is 12.8. The number of carbonyl (C=O) groups is 1. The number of nitrogens with one attached hydrogen (secondary N) is 1. The fourth-order valence-corrected chi connectivity index (χ4v) is 6.20. The van der Waals surface area contributed by atoms with Gasteiger partial charge in [0.25, 0.3) is 5.91 Å². The molecule has 11 heteroatoms. The van der Waals surface area contributed by atoms with Crippen molar-refractivity contribution in [2.45, 2.75) is 51.2 Å². The number of halogens is 1. The highest BCUT2D eigenvalue weighted by Crippen LogP contribution is 2.34. The molecule has 10 nitrogen and oxygen atoms in total. The van der Waals surface area contributed by atoms with Crippen LogP contribution in [0.5, 0.6) is 11.5 Å². The number of aliphatic hydroxyl groups excluding tert-OH is 1. The van der Waals surface area contributed by atoms with Crippen LogP contribution >= 0.6 is 11.6 Å². The van der Waals surface area contributed by atoms with E-state index in [4.69, 9.17) is 25.5 Å². The van der Waals surface area contributed by atoms with Gasteiger partial charge in [-0.25, -0.2) is 4.98 Å². The Balaban J connectivity index is 0.909. The topological polar surface area (TPSA) is 113 Å². The lowest BCUT2D eigenvalue weighted by molar-refractivity contribution is 0.0841. The van der Waals surface area contributed by atoms with E-state index in [1.165, 1.54) is 12.0 Å². The van der Waals surface area contributed by atoms with Crippen molar-refractivity contribution < 1.29 is 23.8 Å². The molecule has 4 aromatic rings. The Bertz CT molecular complexity index is 1530. The molecule has 2 aromatic carbocycles. The van der Waals surface area contributed by atoms with Gasteiger partial charge >= 0.3 is 0 Å². The van der Waals surface area contributed by atoms with E-state index in [1.54, 1.807) is 18.3 Å². The number of nitrogens with zero attached hydrogens (tertiary/aromatic N) is 4. The third kappa shape index (κ3) is 8.40. The summed E-state index contributed by atoms with van der Waals surface area (Å²) in [5.41, 5.74) is 3.97. The molecule has 0 bridgehead atoms. The van der Waals surface area contributed by atoms with Crippen molar-refractivity contribution in [3.8, 4) is 11.5 Å². The largest absolute Gasteiger partial charge is 0.490 e. The van der Waals surface area contributed by atoms with Gasteiger partial charge in [-0.05, 0) is 78.4 Å². The molecule has 1 atom stereocenters. The Morgan fingerprint density at radius 2 is 1.84 bits per heavy atom. The summed E-state index contributed by atoms with van der Waals surface area (Å²) in [7, 11) is 0. The number of carbonyl (C=O) groups excluding carboxylic acids is 1. The molecule has 0 unspecified atom stereocenters. The molecule has 236 valence electrons. The number of oxazole rings is 1. The summed E-state index contributed by atoms with van der Waals surface area (Å²) in [4.78, 5) is 25.4. The first-order chi connectivity index (χ1) is 22.0. The summed E-state index contributed by atoms with van der Waals surface area (Å²) >= 11 is 6.65. The molecule has 0 spiro atoms. The summed E-state index contributed by atoms with van der Waals surface area (Å²) in [6, 6.07) is 15.2. The zero-order valence-corrected chi connectivity index (χ0v) is 25.9. The number of aromatic nitrogens is 2. The fraction of sp³-hybridized carbons (Fsp3) is 0.382. The first-order valence-corrected chi connectivity index (χ1v) is 15.7. The number of piperidine rings is 1. The van der Waals surface area contributed by atoms with Gasteiger partial charge in [0.15, 0.2) is 12.2 Å². The molecule has 1 amide bonds. The monoisotopic (exact) mass is 631 g/mol. The van der Waals surface area contributed by atoms with Crippen molar-refractivity contribution in [2.75, 3.05) is 32.7 Å². The molecule has 0 radical (unpaired) electrons. The van der Waals surface area contributed by atoms with Gasteiger partial charge in [-0.1, -0.05) is 17.7 Å². The van der Waals surface area contributed by atoms with Crippen molar-refractivity contribution in [3.05, 3.63) is 107 Å². The van der Waals surface area contributed by atoms with Crippen LogP contribution in [0.2, 0.25) is 5.02 Å². The molecule has 2 aliphatic heterocycles. The number of fused-ring (bicyclic) bond motifs is 1. The van der Waals surface area contributed by atoms with Crippen molar-refractivity contribution in [3.63, 3.8) is 0 Å². The third-order valence-corrected chi connectivity index (χ3v) is 8.72. The minimum atomic E-state index is -0.706. The number of pyridine rings is 1. The van der Waals surface area contributed by atoms with Crippen LogP contribution in [0.3, 0.4) is 0 Å². The molecule has 1 saturated heterocycles. The highest BCUT2D eigenvalue weighted by atomic mass is 35.5. The second-order valence-corrected chi connectivity index (χ2v) is 12.0. The lowest BCUT2D eigenvalue weighted by Crippen LogP contribution is -2.42. The number of rotatable bonds is 12. The van der Waals surface area contributed by atoms with Gasteiger partial charge in [-0.2, -0.15) is 0 Å². The predicted molar refractivity (Wildman–Crippen MR) is 169 cm³/mol. The van der Waals surface area contributed by atoms with E-state index < -0.39 is 6.10 Å². The molecule has 2 N–H and O–H groups in total. The number of ether oxygens (including phenoxy) is 2. The van der Waals surface area contributed by atoms with E-state index >= 15 is 0 Å². The molecule has 2 aliphatic rings. The van der Waals surface area contributed by atoms with Crippen LogP contribution < -0.4 is 14.8 Å². The van der Waals surface area contributed by atoms with Crippen molar-refractivity contribution in [2.24, 2.45) is 0 Å². The summed E-state index contributed by atoms with van der Waals surface area (Å²) in [6.07, 6.45) is 8.76. The van der Waals surface area contributed by atoms with E-state index in [-0.39, 0.29) is 25.2 Å². The number of hydrogen-bond acceptors (Lipinski definition) is 9. The molecule has 0 aliphatic carbocycles. The Morgan fingerprint density at radius 1 is 1.04 bits per heavy atom. The van der Waals surface area contributed by atoms with Crippen LogP contribution in [-0.4, -0.2) is 75.7 Å². The quantitative estimate of drug-likeness (QED) is 0.233. The number of β-amino-alcohol motifs (C(OH)–C–C–N with tert-alkyl or cyclic N) is 1.